The van der Waals surface area contributed by atoms with Crippen molar-refractivity contribution in [3.05, 3.63) is 58.1 Å². The molecule has 2 aromatic rings. The van der Waals surface area contributed by atoms with Gasteiger partial charge in [-0.15, -0.1) is 6.42 Å². The molecule has 7 amide bonds. The van der Waals surface area contributed by atoms with Gasteiger partial charge in [-0.05, 0) is 63.8 Å². The van der Waals surface area contributed by atoms with E-state index < -0.39 is 83.8 Å². The van der Waals surface area contributed by atoms with Crippen molar-refractivity contribution in [2.45, 2.75) is 71.8 Å². The van der Waals surface area contributed by atoms with E-state index in [1.165, 1.54) is 30.3 Å². The Bertz CT molecular complexity index is 1820. The Labute approximate surface area is 327 Å². The molecule has 0 aliphatic carbocycles. The van der Waals surface area contributed by atoms with Crippen LogP contribution in [-0.4, -0.2) is 84.4 Å². The Hall–Kier alpha value is -7.11. The van der Waals surface area contributed by atoms with Gasteiger partial charge in [-0.25, -0.2) is 19.2 Å². The number of urea groups is 1. The first-order valence-electron chi connectivity index (χ1n) is 17.3. The lowest BCUT2D eigenvalue weighted by Gasteiger charge is -2.27. The highest BCUT2D eigenvalue weighted by Crippen LogP contribution is 2.24. The minimum atomic E-state index is -1.22. The number of carbonyl (C=O) groups excluding carboxylic acids is 7. The molecule has 21 nitrogen and oxygen atoms in total. The summed E-state index contributed by atoms with van der Waals surface area (Å²) in [6.45, 7) is 6.99. The monoisotopic (exact) mass is 798 g/mol. The fourth-order valence-corrected chi connectivity index (χ4v) is 4.55. The zero-order valence-electron chi connectivity index (χ0n) is 31.9. The van der Waals surface area contributed by atoms with E-state index in [0.717, 1.165) is 12.1 Å². The van der Waals surface area contributed by atoms with Gasteiger partial charge in [0.25, 0.3) is 5.69 Å². The number of amides is 7. The average Bonchev–Trinajstić information content (AvgIpc) is 3.12. The highest BCUT2D eigenvalue weighted by Gasteiger charge is 2.30. The first-order chi connectivity index (χ1) is 26.8. The lowest BCUT2D eigenvalue weighted by atomic mass is 10.0. The number of benzene rings is 2. The Kier molecular flexibility index (Phi) is 18.0. The molecule has 0 bridgehead atoms. The van der Waals surface area contributed by atoms with E-state index in [4.69, 9.17) is 26.4 Å². The number of non-ortho nitro benzene ring substituents is 1. The topological polar surface area (TPSA) is 298 Å². The SMILES string of the molecule is C#CCOC(=O)NCC(=O)Nc1cc(NC(=O)[C@H](CCCNC(N)=O)NC(=O)[C@@H](NC(=O)OC(C)(C)C)C(C)C)ccc1COC(=O)Oc1ccc([N+](=O)[O-])cc1. The van der Waals surface area contributed by atoms with Gasteiger partial charge in [0.1, 0.15) is 36.6 Å². The van der Waals surface area contributed by atoms with Crippen LogP contribution < -0.4 is 42.4 Å². The lowest BCUT2D eigenvalue weighted by molar-refractivity contribution is -0.384. The number of carbonyl (C=O) groups is 7. The summed E-state index contributed by atoms with van der Waals surface area (Å²) in [5.41, 5.74) is 4.36. The Balaban J connectivity index is 2.32. The van der Waals surface area contributed by atoms with Crippen LogP contribution in [0.3, 0.4) is 0 Å². The molecule has 8 N–H and O–H groups in total. The minimum Gasteiger partial charge on any atom is -0.444 e. The van der Waals surface area contributed by atoms with Gasteiger partial charge in [0, 0.05) is 35.6 Å². The third-order valence-electron chi connectivity index (χ3n) is 7.15. The summed E-state index contributed by atoms with van der Waals surface area (Å²) < 4.78 is 20.2. The second-order valence-electron chi connectivity index (χ2n) is 13.3. The maximum Gasteiger partial charge on any atom is 0.514 e. The first-order valence-corrected chi connectivity index (χ1v) is 17.3. The summed E-state index contributed by atoms with van der Waals surface area (Å²) in [6.07, 6.45) is 2.25. The predicted molar refractivity (Wildman–Crippen MR) is 203 cm³/mol. The van der Waals surface area contributed by atoms with E-state index in [1.54, 1.807) is 34.6 Å². The summed E-state index contributed by atoms with van der Waals surface area (Å²) in [7, 11) is 0. The molecule has 0 fully saturated rings. The van der Waals surface area contributed by atoms with Crippen LogP contribution in [0.15, 0.2) is 42.5 Å². The zero-order valence-corrected chi connectivity index (χ0v) is 31.9. The summed E-state index contributed by atoms with van der Waals surface area (Å²) >= 11 is 0. The molecule has 0 heterocycles. The molecular formula is C36H46N8O13. The van der Waals surface area contributed by atoms with Gasteiger partial charge in [0.05, 0.1) is 4.92 Å². The maximum atomic E-state index is 13.7. The van der Waals surface area contributed by atoms with Crippen LogP contribution in [0.1, 0.15) is 53.0 Å². The quantitative estimate of drug-likeness (QED) is 0.0217. The molecule has 0 aliphatic heterocycles. The number of terminal acetylenes is 1. The molecule has 0 saturated heterocycles. The number of nitro benzene ring substituents is 1. The number of primary amides is 1. The molecule has 308 valence electrons. The van der Waals surface area contributed by atoms with Crippen LogP contribution in [0.2, 0.25) is 0 Å². The van der Waals surface area contributed by atoms with Gasteiger partial charge >= 0.3 is 24.4 Å². The Morgan fingerprint density at radius 2 is 1.60 bits per heavy atom. The van der Waals surface area contributed by atoms with Gasteiger partial charge in [0.15, 0.2) is 6.61 Å². The molecule has 57 heavy (non-hydrogen) atoms. The standard InChI is InChI=1S/C36H46N8O13/c1-7-17-54-33(49)39-19-28(45)41-27-18-23(11-10-22(27)20-55-35(51)56-25-14-12-24(13-15-25)44(52)53)40-30(46)26(9-8-16-38-32(37)48)42-31(47)29(21(2)3)43-34(50)57-36(4,5)6/h1,10-15,18,21,26,29H,8-9,16-17,19-20H2,2-6H3,(H,39,49)(H,40,46)(H,41,45)(H,42,47)(H,43,50)(H3,37,38,48)/t26-,29-/m0/s1. The van der Waals surface area contributed by atoms with Crippen molar-refractivity contribution in [2.75, 3.05) is 30.3 Å². The van der Waals surface area contributed by atoms with Crippen molar-refractivity contribution in [1.29, 1.82) is 0 Å². The molecule has 2 atom stereocenters. The summed E-state index contributed by atoms with van der Waals surface area (Å²) in [5, 5.41) is 25.8. The maximum absolute atomic E-state index is 13.7. The van der Waals surface area contributed by atoms with Gasteiger partial charge in [-0.3, -0.25) is 24.5 Å². The number of ether oxygens (including phenoxy) is 4. The largest absolute Gasteiger partial charge is 0.514 e. The van der Waals surface area contributed by atoms with Gasteiger partial charge in [0.2, 0.25) is 17.7 Å². The average molecular weight is 799 g/mol. The summed E-state index contributed by atoms with van der Waals surface area (Å²) in [6, 6.07) is 5.60. The molecular weight excluding hydrogens is 752 g/mol. The number of hydrogen-bond acceptors (Lipinski definition) is 13. The van der Waals surface area contributed by atoms with Gasteiger partial charge in [-0.1, -0.05) is 25.8 Å². The van der Waals surface area contributed by atoms with Crippen LogP contribution in [0.5, 0.6) is 5.75 Å². The Morgan fingerprint density at radius 3 is 2.19 bits per heavy atom. The highest BCUT2D eigenvalue weighted by molar-refractivity contribution is 6.00. The van der Waals surface area contributed by atoms with Crippen LogP contribution in [0.4, 0.5) is 36.2 Å². The fourth-order valence-electron chi connectivity index (χ4n) is 4.55. The first kappa shape index (κ1) is 46.0. The number of rotatable bonds is 18. The molecule has 0 spiro atoms. The van der Waals surface area contributed by atoms with Crippen LogP contribution >= 0.6 is 0 Å². The number of alkyl carbamates (subject to hydrolysis) is 2. The normalized spacial score (nSPS) is 11.7. The van der Waals surface area contributed by atoms with Crippen molar-refractivity contribution >= 4 is 59.2 Å². The Morgan fingerprint density at radius 1 is 0.912 bits per heavy atom. The van der Waals surface area contributed by atoms with Crippen molar-refractivity contribution < 1.29 is 57.4 Å². The number of hydrogen-bond donors (Lipinski definition) is 7. The number of nitrogens with one attached hydrogen (secondary N) is 6. The third kappa shape index (κ3) is 17.7. The van der Waals surface area contributed by atoms with Gasteiger partial charge in [-0.2, -0.15) is 0 Å². The molecule has 0 radical (unpaired) electrons. The van der Waals surface area contributed by atoms with E-state index in [2.05, 4.69) is 42.6 Å². The molecule has 0 aliphatic rings. The summed E-state index contributed by atoms with van der Waals surface area (Å²) in [4.78, 5) is 98.1. The number of anilines is 2. The third-order valence-corrected chi connectivity index (χ3v) is 7.15. The van der Waals surface area contributed by atoms with E-state index >= 15 is 0 Å². The zero-order chi connectivity index (χ0) is 42.7. The van der Waals surface area contributed by atoms with Gasteiger partial charge < -0.3 is 56.6 Å². The second kappa shape index (κ2) is 22.3. The van der Waals surface area contributed by atoms with Crippen molar-refractivity contribution in [3.63, 3.8) is 0 Å². The van der Waals surface area contributed by atoms with E-state index in [0.29, 0.717) is 0 Å². The molecule has 0 aromatic heterocycles. The van der Waals surface area contributed by atoms with E-state index in [9.17, 15) is 43.7 Å². The molecule has 2 rings (SSSR count). The van der Waals surface area contributed by atoms with Crippen LogP contribution in [0, 0.1) is 28.4 Å². The van der Waals surface area contributed by atoms with Crippen molar-refractivity contribution in [2.24, 2.45) is 11.7 Å². The number of nitrogens with zero attached hydrogens (tertiary/aromatic N) is 1. The van der Waals surface area contributed by atoms with E-state index in [-0.39, 0.29) is 54.4 Å². The lowest BCUT2D eigenvalue weighted by Crippen LogP contribution is -2.55. The van der Waals surface area contributed by atoms with Crippen LogP contribution in [0.25, 0.3) is 0 Å². The van der Waals surface area contributed by atoms with Crippen molar-refractivity contribution in [1.82, 2.24) is 21.3 Å². The smallest absolute Gasteiger partial charge is 0.444 e. The number of nitrogens with two attached hydrogens (primary N) is 1. The molecule has 0 unspecified atom stereocenters. The molecule has 0 saturated carbocycles. The second-order valence-corrected chi connectivity index (χ2v) is 13.3. The number of nitro groups is 1. The fraction of sp³-hybridized carbons (Fsp3) is 0.417. The summed E-state index contributed by atoms with van der Waals surface area (Å²) in [5.74, 6) is -0.579. The van der Waals surface area contributed by atoms with Crippen molar-refractivity contribution in [3.8, 4) is 18.1 Å². The van der Waals surface area contributed by atoms with Crippen LogP contribution in [-0.2, 0) is 35.2 Å². The van der Waals surface area contributed by atoms with E-state index in [1.807, 2.05) is 0 Å². The highest BCUT2D eigenvalue weighted by atomic mass is 16.7. The molecule has 2 aromatic carbocycles. The predicted octanol–water partition coefficient (Wildman–Crippen LogP) is 3.03. The minimum absolute atomic E-state index is 0.00292. The molecule has 21 heteroatoms.